The minimum Gasteiger partial charge on any atom is -0.449 e. The van der Waals surface area contributed by atoms with Crippen LogP contribution in [0.15, 0.2) is 40.2 Å². The Balaban J connectivity index is 2.15. The van der Waals surface area contributed by atoms with Gasteiger partial charge in [0.05, 0.1) is 24.5 Å². The molecule has 14 heteroatoms. The second-order valence-corrected chi connectivity index (χ2v) is 8.15. The van der Waals surface area contributed by atoms with E-state index in [1.165, 1.54) is 19.1 Å². The van der Waals surface area contributed by atoms with E-state index in [0.717, 1.165) is 6.07 Å². The van der Waals surface area contributed by atoms with Gasteiger partial charge in [-0.05, 0) is 44.0 Å². The van der Waals surface area contributed by atoms with Crippen molar-refractivity contribution in [1.82, 2.24) is 14.5 Å². The number of aryl methyl sites for hydroxylation is 1. The number of pyridine rings is 1. The highest BCUT2D eigenvalue weighted by molar-refractivity contribution is 5.51. The first-order valence-corrected chi connectivity index (χ1v) is 11.0. The van der Waals surface area contributed by atoms with E-state index < -0.39 is 59.2 Å². The van der Waals surface area contributed by atoms with Crippen LogP contribution in [0.2, 0.25) is 0 Å². The molecule has 202 valence electrons. The first kappa shape index (κ1) is 28.5. The number of aliphatic hydroxyl groups is 1. The zero-order valence-corrected chi connectivity index (χ0v) is 19.7. The summed E-state index contributed by atoms with van der Waals surface area (Å²) in [5, 5.41) is 18.1. The van der Waals surface area contributed by atoms with Crippen LogP contribution in [0.4, 0.5) is 26.3 Å². The Kier molecular flexibility index (Phi) is 8.62. The maximum atomic E-state index is 14.4. The number of hydrogen-bond acceptors (Lipinski definition) is 6. The summed E-state index contributed by atoms with van der Waals surface area (Å²) >= 11 is 0. The minimum atomic E-state index is -4.97. The summed E-state index contributed by atoms with van der Waals surface area (Å²) in [5.41, 5.74) is -4.51. The molecule has 0 aliphatic heterocycles. The number of nitrogens with one attached hydrogen (secondary N) is 1. The van der Waals surface area contributed by atoms with Gasteiger partial charge in [-0.1, -0.05) is 0 Å². The molecule has 0 bridgehead atoms. The number of aromatic amines is 1. The van der Waals surface area contributed by atoms with Crippen LogP contribution < -0.4 is 15.9 Å². The lowest BCUT2D eigenvalue weighted by atomic mass is 10.0. The van der Waals surface area contributed by atoms with Gasteiger partial charge >= 0.3 is 12.3 Å². The normalized spacial score (nSPS) is 11.7. The lowest BCUT2D eigenvalue weighted by Crippen LogP contribution is -2.32. The van der Waals surface area contributed by atoms with Gasteiger partial charge in [0.1, 0.15) is 5.75 Å². The van der Waals surface area contributed by atoms with Gasteiger partial charge in [0.25, 0.3) is 17.5 Å². The number of nitrogens with zero attached hydrogens (tertiary/aromatic N) is 3. The molecule has 0 amide bonds. The summed E-state index contributed by atoms with van der Waals surface area (Å²) in [6.07, 6.45) is -6.15. The Morgan fingerprint density at radius 3 is 2.50 bits per heavy atom. The average molecular weight is 542 g/mol. The van der Waals surface area contributed by atoms with Crippen LogP contribution in [-0.2, 0) is 18.9 Å². The molecular weight excluding hydrogens is 522 g/mol. The Labute approximate surface area is 210 Å². The molecule has 8 nitrogen and oxygen atoms in total. The van der Waals surface area contributed by atoms with E-state index in [9.17, 15) is 41.2 Å². The maximum absolute atomic E-state index is 14.4. The highest BCUT2D eigenvalue weighted by Crippen LogP contribution is 2.39. The highest BCUT2D eigenvalue weighted by atomic mass is 19.3. The summed E-state index contributed by atoms with van der Waals surface area (Å²) in [4.78, 5) is 31.4. The number of aliphatic hydroxyl groups excluding tert-OH is 1. The third-order valence-corrected chi connectivity index (χ3v) is 5.55. The predicted octanol–water partition coefficient (Wildman–Crippen LogP) is 4.17. The minimum absolute atomic E-state index is 0.0244. The number of H-pyrrole nitrogens is 1. The molecule has 2 heterocycles. The van der Waals surface area contributed by atoms with Gasteiger partial charge in [0, 0.05) is 29.0 Å². The maximum Gasteiger partial charge on any atom is 0.352 e. The van der Waals surface area contributed by atoms with Gasteiger partial charge in [-0.3, -0.25) is 14.2 Å². The molecule has 0 saturated heterocycles. The van der Waals surface area contributed by atoms with E-state index in [1.54, 1.807) is 6.07 Å². The predicted molar refractivity (Wildman–Crippen MR) is 121 cm³/mol. The average Bonchev–Trinajstić information content (AvgIpc) is 2.87. The van der Waals surface area contributed by atoms with Crippen molar-refractivity contribution in [3.05, 3.63) is 84.9 Å². The Bertz CT molecular complexity index is 1480. The molecule has 2 aromatic heterocycles. The molecule has 3 rings (SSSR count). The summed E-state index contributed by atoms with van der Waals surface area (Å²) < 4.78 is 87.6. The number of rotatable bonds is 10. The molecule has 0 atom stereocenters. The smallest absolute Gasteiger partial charge is 0.352 e. The highest BCUT2D eigenvalue weighted by Gasteiger charge is 2.48. The number of alkyl halides is 6. The lowest BCUT2D eigenvalue weighted by Gasteiger charge is -2.20. The molecule has 0 aliphatic rings. The first-order valence-electron chi connectivity index (χ1n) is 11.0. The van der Waals surface area contributed by atoms with Crippen molar-refractivity contribution in [2.45, 2.75) is 45.1 Å². The second-order valence-electron chi connectivity index (χ2n) is 8.15. The molecule has 0 unspecified atom stereocenters. The van der Waals surface area contributed by atoms with Crippen molar-refractivity contribution < 1.29 is 36.2 Å². The fraction of sp³-hybridized carbons (Fsp3) is 0.333. The number of ether oxygens (including phenoxy) is 1. The molecule has 0 spiro atoms. The van der Waals surface area contributed by atoms with Gasteiger partial charge in [-0.15, -0.1) is 0 Å². The SMILES string of the molecule is Cc1c(C#N)cc(C(F)F)cc1Oc1c(C(F)(F)C(F)F)ncn(Cc2ccc(CCCO)[nH]c2=O)c1=O. The Hall–Kier alpha value is -4.12. The third-order valence-electron chi connectivity index (χ3n) is 5.55. The monoisotopic (exact) mass is 542 g/mol. The third kappa shape index (κ3) is 5.88. The molecular formula is C24H20F6N4O4. The zero-order valence-electron chi connectivity index (χ0n) is 19.7. The molecule has 0 radical (unpaired) electrons. The quantitative estimate of drug-likeness (QED) is 0.371. The second kappa shape index (κ2) is 11.5. The molecule has 0 saturated carbocycles. The number of aromatic nitrogens is 3. The molecule has 3 aromatic rings. The van der Waals surface area contributed by atoms with Crippen molar-refractivity contribution in [2.75, 3.05) is 6.61 Å². The van der Waals surface area contributed by atoms with Crippen LogP contribution in [0, 0.1) is 18.3 Å². The van der Waals surface area contributed by atoms with Crippen molar-refractivity contribution in [3.8, 4) is 17.6 Å². The standard InChI is InChI=1S/C24H20F6N4O4/c1-12-15(9-31)7-14(20(25)26)8-17(12)38-18-19(24(29,30)23(27)28)32-11-34(22(18)37)10-13-4-5-16(3-2-6-35)33-21(13)36/h4-5,7-8,11,20,23,35H,2-3,6,10H2,1H3,(H,33,36). The van der Waals surface area contributed by atoms with Crippen LogP contribution in [0.1, 0.15) is 46.5 Å². The van der Waals surface area contributed by atoms with Gasteiger partial charge in [-0.2, -0.15) is 14.0 Å². The van der Waals surface area contributed by atoms with Crippen molar-refractivity contribution in [3.63, 3.8) is 0 Å². The number of halogens is 6. The zero-order chi connectivity index (χ0) is 28.2. The molecule has 2 N–H and O–H groups in total. The van der Waals surface area contributed by atoms with Crippen LogP contribution in [0.3, 0.4) is 0 Å². The fourth-order valence-corrected chi connectivity index (χ4v) is 3.45. The van der Waals surface area contributed by atoms with Crippen molar-refractivity contribution in [1.29, 1.82) is 5.26 Å². The van der Waals surface area contributed by atoms with E-state index >= 15 is 0 Å². The molecule has 1 aromatic carbocycles. The van der Waals surface area contributed by atoms with Gasteiger partial charge in [-0.25, -0.2) is 22.5 Å². The summed E-state index contributed by atoms with van der Waals surface area (Å²) in [6.45, 7) is 0.581. The van der Waals surface area contributed by atoms with Crippen LogP contribution in [0.5, 0.6) is 11.5 Å². The topological polar surface area (TPSA) is 121 Å². The number of benzene rings is 1. The van der Waals surface area contributed by atoms with Crippen LogP contribution in [-0.4, -0.2) is 32.7 Å². The van der Waals surface area contributed by atoms with Gasteiger partial charge in [0.2, 0.25) is 5.75 Å². The summed E-state index contributed by atoms with van der Waals surface area (Å²) in [6, 6.07) is 6.00. The van der Waals surface area contributed by atoms with Crippen molar-refractivity contribution >= 4 is 0 Å². The summed E-state index contributed by atoms with van der Waals surface area (Å²) in [7, 11) is 0. The first-order chi connectivity index (χ1) is 17.9. The van der Waals surface area contributed by atoms with E-state index in [1.807, 2.05) is 0 Å². The Morgan fingerprint density at radius 2 is 1.92 bits per heavy atom. The summed E-state index contributed by atoms with van der Waals surface area (Å²) in [5.74, 6) is -6.97. The van der Waals surface area contributed by atoms with Crippen LogP contribution >= 0.6 is 0 Å². The van der Waals surface area contributed by atoms with E-state index in [2.05, 4.69) is 9.97 Å². The number of hydrogen-bond donors (Lipinski definition) is 2. The largest absolute Gasteiger partial charge is 0.449 e. The number of nitriles is 1. The van der Waals surface area contributed by atoms with Crippen LogP contribution in [0.25, 0.3) is 0 Å². The van der Waals surface area contributed by atoms with E-state index in [0.29, 0.717) is 35.5 Å². The molecule has 38 heavy (non-hydrogen) atoms. The fourth-order valence-electron chi connectivity index (χ4n) is 3.45. The van der Waals surface area contributed by atoms with Gasteiger partial charge < -0.3 is 14.8 Å². The molecule has 0 fully saturated rings. The van der Waals surface area contributed by atoms with Crippen molar-refractivity contribution in [2.24, 2.45) is 0 Å². The van der Waals surface area contributed by atoms with E-state index in [-0.39, 0.29) is 23.3 Å². The van der Waals surface area contributed by atoms with E-state index in [4.69, 9.17) is 9.84 Å². The lowest BCUT2D eigenvalue weighted by molar-refractivity contribution is -0.139. The molecule has 0 aliphatic carbocycles. The van der Waals surface area contributed by atoms with Gasteiger partial charge in [0.15, 0.2) is 5.69 Å². The Morgan fingerprint density at radius 1 is 1.21 bits per heavy atom.